The van der Waals surface area contributed by atoms with Gasteiger partial charge in [0.15, 0.2) is 12.2 Å². The predicted octanol–water partition coefficient (Wildman–Crippen LogP) is 2.21. The number of rotatable bonds is 16. The smallest absolute Gasteiger partial charge is 0.325 e. The fourth-order valence-corrected chi connectivity index (χ4v) is 5.23. The Balaban J connectivity index is 1.35. The molecule has 0 bridgehead atoms. The van der Waals surface area contributed by atoms with Gasteiger partial charge in [-0.05, 0) is 36.0 Å². The molecule has 1 aliphatic heterocycles. The SMILES string of the molecule is CC(C)[C@H](NC(=O)CCc1ccccc1)C(=O)N[C@@H](C)C(=O)NN(CC(=O)O)C(=O)[C@H]1O[C@@H]1C(=O)N(Cc1ccccc1)Cc1ccccc1. The van der Waals surface area contributed by atoms with E-state index in [1.165, 1.54) is 6.92 Å². The van der Waals surface area contributed by atoms with Crippen molar-refractivity contribution in [3.05, 3.63) is 108 Å². The second kappa shape index (κ2) is 17.7. The quantitative estimate of drug-likeness (QED) is 0.131. The standard InChI is InChI=1S/C37H43N5O8/c1-24(2)31(39-29(43)20-19-26-13-7-4-8-14-26)35(47)38-25(3)34(46)40-42(23-30(44)45)37(49)33-32(50-33)36(48)41(21-27-15-9-5-10-16-27)22-28-17-11-6-12-18-28/h4-18,24-25,31-33H,19-23H2,1-3H3,(H,38,47)(H,39,43)(H,40,46)(H,44,45)/t25-,31-,32-,33-/m0/s1. The Labute approximate surface area is 290 Å². The van der Waals surface area contributed by atoms with Gasteiger partial charge in [-0.3, -0.25) is 34.2 Å². The number of carbonyl (C=O) groups excluding carboxylic acids is 5. The molecular formula is C37H43N5O8. The molecule has 0 radical (unpaired) electrons. The molecule has 1 heterocycles. The van der Waals surface area contributed by atoms with E-state index in [2.05, 4.69) is 16.1 Å². The van der Waals surface area contributed by atoms with Crippen LogP contribution in [0.2, 0.25) is 0 Å². The highest BCUT2D eigenvalue weighted by Gasteiger charge is 2.54. The lowest BCUT2D eigenvalue weighted by molar-refractivity contribution is -0.151. The number of nitrogens with zero attached hydrogens (tertiary/aromatic N) is 2. The van der Waals surface area contributed by atoms with Crippen LogP contribution in [0.25, 0.3) is 0 Å². The van der Waals surface area contributed by atoms with E-state index in [-0.39, 0.29) is 31.3 Å². The number of hydrogen-bond donors (Lipinski definition) is 4. The average Bonchev–Trinajstić information content (AvgIpc) is 3.90. The summed E-state index contributed by atoms with van der Waals surface area (Å²) in [6.07, 6.45) is -1.86. The fraction of sp³-hybridized carbons (Fsp3) is 0.351. The molecular weight excluding hydrogens is 642 g/mol. The van der Waals surface area contributed by atoms with Gasteiger partial charge in [0, 0.05) is 19.5 Å². The van der Waals surface area contributed by atoms with Crippen molar-refractivity contribution >= 4 is 35.5 Å². The van der Waals surface area contributed by atoms with Gasteiger partial charge in [0.2, 0.25) is 11.8 Å². The topological polar surface area (TPSA) is 178 Å². The Morgan fingerprint density at radius 2 is 1.20 bits per heavy atom. The fourth-order valence-electron chi connectivity index (χ4n) is 5.23. The number of benzene rings is 3. The van der Waals surface area contributed by atoms with E-state index in [1.54, 1.807) is 18.7 Å². The van der Waals surface area contributed by atoms with Crippen molar-refractivity contribution in [1.29, 1.82) is 0 Å². The molecule has 1 aliphatic rings. The van der Waals surface area contributed by atoms with E-state index in [4.69, 9.17) is 4.74 Å². The summed E-state index contributed by atoms with van der Waals surface area (Å²) in [7, 11) is 0. The molecule has 4 atom stereocenters. The summed E-state index contributed by atoms with van der Waals surface area (Å²) in [5.41, 5.74) is 4.95. The number of hydrogen-bond acceptors (Lipinski definition) is 7. The third-order valence-electron chi connectivity index (χ3n) is 8.03. The molecule has 0 aliphatic carbocycles. The van der Waals surface area contributed by atoms with Crippen molar-refractivity contribution in [3.63, 3.8) is 0 Å². The molecule has 3 aromatic carbocycles. The van der Waals surface area contributed by atoms with Crippen LogP contribution in [0.3, 0.4) is 0 Å². The predicted molar refractivity (Wildman–Crippen MR) is 182 cm³/mol. The summed E-state index contributed by atoms with van der Waals surface area (Å²) < 4.78 is 5.47. The number of carboxylic acids is 1. The minimum Gasteiger partial charge on any atom is -0.480 e. The number of nitrogens with one attached hydrogen (secondary N) is 3. The van der Waals surface area contributed by atoms with Crippen LogP contribution in [-0.2, 0) is 53.0 Å². The Hall–Kier alpha value is -5.56. The molecule has 13 heteroatoms. The molecule has 4 rings (SSSR count). The maximum absolute atomic E-state index is 13.6. The number of carboxylic acid groups (broad SMARTS) is 1. The van der Waals surface area contributed by atoms with E-state index in [0.29, 0.717) is 11.4 Å². The zero-order valence-corrected chi connectivity index (χ0v) is 28.3. The van der Waals surface area contributed by atoms with Crippen LogP contribution >= 0.6 is 0 Å². The van der Waals surface area contributed by atoms with Gasteiger partial charge in [0.1, 0.15) is 18.6 Å². The number of aliphatic carboxylic acids is 1. The molecule has 0 saturated carbocycles. The second-order valence-electron chi connectivity index (χ2n) is 12.4. The minimum atomic E-state index is -1.42. The van der Waals surface area contributed by atoms with Crippen molar-refractivity contribution in [2.75, 3.05) is 6.54 Å². The molecule has 0 spiro atoms. The lowest BCUT2D eigenvalue weighted by Gasteiger charge is -2.26. The van der Waals surface area contributed by atoms with Gasteiger partial charge in [-0.1, -0.05) is 105 Å². The third kappa shape index (κ3) is 11.0. The highest BCUT2D eigenvalue weighted by Crippen LogP contribution is 2.28. The first-order valence-electron chi connectivity index (χ1n) is 16.4. The van der Waals surface area contributed by atoms with E-state index < -0.39 is 60.4 Å². The van der Waals surface area contributed by atoms with Gasteiger partial charge >= 0.3 is 5.97 Å². The number of amides is 5. The monoisotopic (exact) mass is 685 g/mol. The maximum atomic E-state index is 13.6. The van der Waals surface area contributed by atoms with Gasteiger partial charge in [-0.25, -0.2) is 5.01 Å². The lowest BCUT2D eigenvalue weighted by Crippen LogP contribution is -2.58. The van der Waals surface area contributed by atoms with Gasteiger partial charge in [0.05, 0.1) is 0 Å². The molecule has 0 unspecified atom stereocenters. The van der Waals surface area contributed by atoms with E-state index >= 15 is 0 Å². The molecule has 50 heavy (non-hydrogen) atoms. The lowest BCUT2D eigenvalue weighted by atomic mass is 10.0. The van der Waals surface area contributed by atoms with Crippen LogP contribution in [0.5, 0.6) is 0 Å². The molecule has 1 fully saturated rings. The van der Waals surface area contributed by atoms with Crippen molar-refractivity contribution in [2.45, 2.75) is 71.0 Å². The van der Waals surface area contributed by atoms with Crippen LogP contribution in [0.4, 0.5) is 0 Å². The van der Waals surface area contributed by atoms with Gasteiger partial charge < -0.3 is 25.4 Å². The van der Waals surface area contributed by atoms with Crippen LogP contribution < -0.4 is 16.1 Å². The molecule has 1 saturated heterocycles. The third-order valence-corrected chi connectivity index (χ3v) is 8.03. The molecule has 13 nitrogen and oxygen atoms in total. The van der Waals surface area contributed by atoms with Gasteiger partial charge in [0.25, 0.3) is 17.7 Å². The summed E-state index contributed by atoms with van der Waals surface area (Å²) in [4.78, 5) is 79.0. The zero-order valence-electron chi connectivity index (χ0n) is 28.3. The first-order valence-corrected chi connectivity index (χ1v) is 16.4. The normalized spacial score (nSPS) is 16.0. The van der Waals surface area contributed by atoms with Crippen molar-refractivity contribution in [1.82, 2.24) is 26.0 Å². The Morgan fingerprint density at radius 1 is 0.700 bits per heavy atom. The first-order chi connectivity index (χ1) is 23.9. The number of aryl methyl sites for hydroxylation is 1. The summed E-state index contributed by atoms with van der Waals surface area (Å²) in [5.74, 6) is -4.99. The Bertz CT molecular complexity index is 1600. The highest BCUT2D eigenvalue weighted by atomic mass is 16.6. The second-order valence-corrected chi connectivity index (χ2v) is 12.4. The highest BCUT2D eigenvalue weighted by molar-refractivity contribution is 5.98. The Morgan fingerprint density at radius 3 is 1.70 bits per heavy atom. The molecule has 0 aromatic heterocycles. The summed E-state index contributed by atoms with van der Waals surface area (Å²) in [6, 6.07) is 25.9. The minimum absolute atomic E-state index is 0.159. The summed E-state index contributed by atoms with van der Waals surface area (Å²) in [6.45, 7) is 4.41. The van der Waals surface area contributed by atoms with Crippen LogP contribution in [0.15, 0.2) is 91.0 Å². The van der Waals surface area contributed by atoms with E-state index in [0.717, 1.165) is 16.7 Å². The Kier molecular flexibility index (Phi) is 13.2. The van der Waals surface area contributed by atoms with Gasteiger partial charge in [-0.15, -0.1) is 0 Å². The maximum Gasteiger partial charge on any atom is 0.325 e. The van der Waals surface area contributed by atoms with Crippen LogP contribution in [0, 0.1) is 5.92 Å². The van der Waals surface area contributed by atoms with Crippen LogP contribution in [0.1, 0.15) is 43.9 Å². The summed E-state index contributed by atoms with van der Waals surface area (Å²) >= 11 is 0. The average molecular weight is 686 g/mol. The van der Waals surface area contributed by atoms with Crippen molar-refractivity contribution in [3.8, 4) is 0 Å². The van der Waals surface area contributed by atoms with Crippen molar-refractivity contribution in [2.24, 2.45) is 5.92 Å². The number of ether oxygens (including phenoxy) is 1. The van der Waals surface area contributed by atoms with Crippen LogP contribution in [-0.4, -0.2) is 81.4 Å². The zero-order chi connectivity index (χ0) is 36.2. The largest absolute Gasteiger partial charge is 0.480 e. The van der Waals surface area contributed by atoms with E-state index in [9.17, 15) is 33.9 Å². The molecule has 264 valence electrons. The molecule has 5 amide bonds. The summed E-state index contributed by atoms with van der Waals surface area (Å²) in [5, 5.41) is 15.3. The number of epoxide rings is 1. The molecule has 3 aromatic rings. The van der Waals surface area contributed by atoms with Crippen molar-refractivity contribution < 1.29 is 38.6 Å². The van der Waals surface area contributed by atoms with Gasteiger partial charge in [-0.2, -0.15) is 0 Å². The van der Waals surface area contributed by atoms with E-state index in [1.807, 2.05) is 91.0 Å². The molecule has 4 N–H and O–H groups in total. The number of carbonyl (C=O) groups is 6. The number of hydrazine groups is 1. The first kappa shape index (κ1) is 37.3.